The van der Waals surface area contributed by atoms with Crippen LogP contribution in [0, 0.1) is 35.2 Å². The summed E-state index contributed by atoms with van der Waals surface area (Å²) < 4.78 is 49.1. The van der Waals surface area contributed by atoms with E-state index in [1.54, 1.807) is 12.1 Å². The van der Waals surface area contributed by atoms with Crippen molar-refractivity contribution in [3.8, 4) is 5.75 Å². The standard InChI is InChI=1S/C24H29F3O/c1-3-4-14-5-6-16-12-17(8-7-15(16)11-14)19-13-18-9-10-20(28-2)23(26)21(18)24(27)22(19)25/h9-10,13-17H,3-8,11-12H2,1-2H3/t14?,15-,16?,17-/m1/s1. The van der Waals surface area contributed by atoms with Crippen LogP contribution in [0.1, 0.15) is 69.8 Å². The van der Waals surface area contributed by atoms with Crippen LogP contribution < -0.4 is 4.74 Å². The van der Waals surface area contributed by atoms with Crippen molar-refractivity contribution >= 4 is 10.8 Å². The molecule has 152 valence electrons. The molecule has 4 heteroatoms. The Kier molecular flexibility index (Phi) is 5.57. The first kappa shape index (κ1) is 19.6. The van der Waals surface area contributed by atoms with E-state index in [1.165, 1.54) is 45.3 Å². The molecule has 2 aromatic rings. The molecular weight excluding hydrogens is 361 g/mol. The fourth-order valence-electron chi connectivity index (χ4n) is 5.78. The van der Waals surface area contributed by atoms with Gasteiger partial charge in [-0.3, -0.25) is 0 Å². The maximum Gasteiger partial charge on any atom is 0.175 e. The van der Waals surface area contributed by atoms with Gasteiger partial charge in [0.1, 0.15) is 0 Å². The molecule has 2 aromatic carbocycles. The van der Waals surface area contributed by atoms with Crippen LogP contribution in [0.3, 0.4) is 0 Å². The Balaban J connectivity index is 1.61. The Morgan fingerprint density at radius 3 is 2.43 bits per heavy atom. The van der Waals surface area contributed by atoms with Gasteiger partial charge in [0, 0.05) is 0 Å². The van der Waals surface area contributed by atoms with Gasteiger partial charge in [0.15, 0.2) is 23.2 Å². The number of benzene rings is 2. The molecule has 2 aliphatic carbocycles. The summed E-state index contributed by atoms with van der Waals surface area (Å²) in [4.78, 5) is 0. The summed E-state index contributed by atoms with van der Waals surface area (Å²) in [6.07, 6.45) is 9.22. The molecule has 0 aromatic heterocycles. The van der Waals surface area contributed by atoms with Gasteiger partial charge < -0.3 is 4.74 Å². The van der Waals surface area contributed by atoms with Crippen molar-refractivity contribution in [1.29, 1.82) is 0 Å². The van der Waals surface area contributed by atoms with Crippen molar-refractivity contribution in [2.75, 3.05) is 7.11 Å². The maximum absolute atomic E-state index is 14.9. The van der Waals surface area contributed by atoms with Crippen molar-refractivity contribution in [2.45, 2.75) is 64.2 Å². The molecule has 4 atom stereocenters. The van der Waals surface area contributed by atoms with Crippen molar-refractivity contribution < 1.29 is 17.9 Å². The molecule has 0 aliphatic heterocycles. The van der Waals surface area contributed by atoms with Gasteiger partial charge >= 0.3 is 0 Å². The molecule has 0 radical (unpaired) electrons. The Morgan fingerprint density at radius 1 is 0.929 bits per heavy atom. The largest absolute Gasteiger partial charge is 0.494 e. The minimum absolute atomic E-state index is 0.0213. The highest BCUT2D eigenvalue weighted by atomic mass is 19.2. The summed E-state index contributed by atoms with van der Waals surface area (Å²) in [6.45, 7) is 2.25. The second-order valence-corrected chi connectivity index (χ2v) is 8.77. The highest BCUT2D eigenvalue weighted by Gasteiger charge is 2.37. The number of hydrogen-bond donors (Lipinski definition) is 0. The molecule has 2 unspecified atom stereocenters. The van der Waals surface area contributed by atoms with Gasteiger partial charge in [-0.1, -0.05) is 32.3 Å². The summed E-state index contributed by atoms with van der Waals surface area (Å²) in [6, 6.07) is 4.75. The Hall–Kier alpha value is -1.71. The van der Waals surface area contributed by atoms with Crippen LogP contribution >= 0.6 is 0 Å². The van der Waals surface area contributed by atoms with Crippen molar-refractivity contribution in [1.82, 2.24) is 0 Å². The van der Waals surface area contributed by atoms with E-state index < -0.39 is 17.5 Å². The molecule has 0 bridgehead atoms. The Bertz CT molecular complexity index is 863. The second-order valence-electron chi connectivity index (χ2n) is 8.77. The third-order valence-electron chi connectivity index (χ3n) is 7.19. The SMILES string of the molecule is CCCC1CCC2C[C@H](c3cc4ccc(OC)c(F)c4c(F)c3F)CC[C@@H]2C1. The van der Waals surface area contributed by atoms with Crippen LogP contribution in [0.4, 0.5) is 13.2 Å². The van der Waals surface area contributed by atoms with E-state index >= 15 is 0 Å². The average molecular weight is 390 g/mol. The first-order valence-corrected chi connectivity index (χ1v) is 10.7. The molecule has 0 saturated heterocycles. The molecule has 2 saturated carbocycles. The summed E-state index contributed by atoms with van der Waals surface area (Å²) in [5, 5.41) is 0.0929. The van der Waals surface area contributed by atoms with E-state index in [0.29, 0.717) is 16.9 Å². The van der Waals surface area contributed by atoms with Crippen molar-refractivity contribution in [3.05, 3.63) is 41.2 Å². The quantitative estimate of drug-likeness (QED) is 0.530. The number of methoxy groups -OCH3 is 1. The monoisotopic (exact) mass is 390 g/mol. The lowest BCUT2D eigenvalue weighted by atomic mass is 9.63. The highest BCUT2D eigenvalue weighted by molar-refractivity contribution is 5.86. The van der Waals surface area contributed by atoms with Crippen LogP contribution in [0.25, 0.3) is 10.8 Å². The van der Waals surface area contributed by atoms with Crippen LogP contribution in [-0.2, 0) is 0 Å². The van der Waals surface area contributed by atoms with Gasteiger partial charge in [-0.15, -0.1) is 0 Å². The van der Waals surface area contributed by atoms with Gasteiger partial charge in [-0.2, -0.15) is 0 Å². The van der Waals surface area contributed by atoms with E-state index in [9.17, 15) is 13.2 Å². The molecule has 0 spiro atoms. The van der Waals surface area contributed by atoms with Crippen LogP contribution in [0.5, 0.6) is 5.75 Å². The topological polar surface area (TPSA) is 9.23 Å². The lowest BCUT2D eigenvalue weighted by molar-refractivity contribution is 0.113. The van der Waals surface area contributed by atoms with E-state index in [1.807, 2.05) is 0 Å². The number of hydrogen-bond acceptors (Lipinski definition) is 1. The number of fused-ring (bicyclic) bond motifs is 2. The third kappa shape index (κ3) is 3.40. The van der Waals surface area contributed by atoms with Crippen LogP contribution in [0.2, 0.25) is 0 Å². The summed E-state index contributed by atoms with van der Waals surface area (Å²) in [5.41, 5.74) is 0.420. The number of halogens is 3. The minimum atomic E-state index is -1.09. The van der Waals surface area contributed by atoms with E-state index in [0.717, 1.165) is 31.1 Å². The smallest absolute Gasteiger partial charge is 0.175 e. The fourth-order valence-corrected chi connectivity index (χ4v) is 5.78. The molecule has 0 N–H and O–H groups in total. The van der Waals surface area contributed by atoms with Crippen molar-refractivity contribution in [2.24, 2.45) is 17.8 Å². The van der Waals surface area contributed by atoms with Gasteiger partial charge in [0.25, 0.3) is 0 Å². The zero-order valence-corrected chi connectivity index (χ0v) is 16.7. The number of ether oxygens (including phenoxy) is 1. The fraction of sp³-hybridized carbons (Fsp3) is 0.583. The van der Waals surface area contributed by atoms with E-state index in [2.05, 4.69) is 6.92 Å². The normalized spacial score (nSPS) is 27.6. The zero-order chi connectivity index (χ0) is 19.8. The first-order valence-electron chi connectivity index (χ1n) is 10.7. The van der Waals surface area contributed by atoms with Gasteiger partial charge in [-0.25, -0.2) is 13.2 Å². The average Bonchev–Trinajstić information content (AvgIpc) is 2.70. The van der Waals surface area contributed by atoms with Crippen molar-refractivity contribution in [3.63, 3.8) is 0 Å². The third-order valence-corrected chi connectivity index (χ3v) is 7.19. The van der Waals surface area contributed by atoms with Crippen LogP contribution in [0.15, 0.2) is 18.2 Å². The molecule has 2 aliphatic rings. The Labute approximate surface area is 165 Å². The minimum Gasteiger partial charge on any atom is -0.494 e. The molecule has 1 nitrogen and oxygen atoms in total. The maximum atomic E-state index is 14.9. The molecule has 0 heterocycles. The summed E-state index contributed by atoms with van der Waals surface area (Å²) in [5.74, 6) is -0.665. The first-order chi connectivity index (χ1) is 13.5. The van der Waals surface area contributed by atoms with E-state index in [-0.39, 0.29) is 17.1 Å². The Morgan fingerprint density at radius 2 is 1.68 bits per heavy atom. The number of rotatable bonds is 4. The molecule has 4 rings (SSSR count). The summed E-state index contributed by atoms with van der Waals surface area (Å²) in [7, 11) is 1.32. The zero-order valence-electron chi connectivity index (χ0n) is 16.7. The van der Waals surface area contributed by atoms with Gasteiger partial charge in [0.2, 0.25) is 0 Å². The lowest BCUT2D eigenvalue weighted by Gasteiger charge is -2.42. The summed E-state index contributed by atoms with van der Waals surface area (Å²) >= 11 is 0. The highest BCUT2D eigenvalue weighted by Crippen LogP contribution is 2.49. The van der Waals surface area contributed by atoms with Gasteiger partial charge in [-0.05, 0) is 78.9 Å². The van der Waals surface area contributed by atoms with E-state index in [4.69, 9.17) is 4.74 Å². The molecule has 2 fully saturated rings. The second kappa shape index (κ2) is 7.96. The molecular formula is C24H29F3O. The van der Waals surface area contributed by atoms with Gasteiger partial charge in [0.05, 0.1) is 12.5 Å². The lowest BCUT2D eigenvalue weighted by Crippen LogP contribution is -2.30. The predicted molar refractivity (Wildman–Crippen MR) is 106 cm³/mol. The molecule has 28 heavy (non-hydrogen) atoms. The van der Waals surface area contributed by atoms with Crippen LogP contribution in [-0.4, -0.2) is 7.11 Å². The predicted octanol–water partition coefficient (Wildman–Crippen LogP) is 7.37. The molecule has 0 amide bonds.